The maximum absolute atomic E-state index is 10.3. The molecule has 2 nitrogen and oxygen atoms in total. The molecule has 0 aliphatic heterocycles. The molecule has 0 radical (unpaired) electrons. The summed E-state index contributed by atoms with van der Waals surface area (Å²) in [6, 6.07) is 12.1. The number of nitrogens with zero attached hydrogens (tertiary/aromatic N) is 1. The van der Waals surface area contributed by atoms with E-state index in [9.17, 15) is 5.11 Å². The van der Waals surface area contributed by atoms with E-state index in [0.29, 0.717) is 5.92 Å². The Labute approximate surface area is 101 Å². The van der Waals surface area contributed by atoms with Gasteiger partial charge in [-0.05, 0) is 30.9 Å². The molecule has 0 bridgehead atoms. The molecule has 1 saturated carbocycles. The predicted molar refractivity (Wildman–Crippen MR) is 68.7 cm³/mol. The molecule has 2 aromatic rings. The third-order valence-electron chi connectivity index (χ3n) is 3.77. The Kier molecular flexibility index (Phi) is 2.81. The number of rotatable bonds is 2. The monoisotopic (exact) mass is 227 g/mol. The molecule has 1 aliphatic carbocycles. The quantitative estimate of drug-likeness (QED) is 0.852. The van der Waals surface area contributed by atoms with E-state index in [2.05, 4.69) is 11.1 Å². The van der Waals surface area contributed by atoms with E-state index in [1.807, 2.05) is 30.3 Å². The van der Waals surface area contributed by atoms with Crippen molar-refractivity contribution < 1.29 is 5.11 Å². The van der Waals surface area contributed by atoms with E-state index in [1.54, 1.807) is 0 Å². The molecule has 0 saturated heterocycles. The van der Waals surface area contributed by atoms with E-state index in [0.717, 1.165) is 29.4 Å². The van der Waals surface area contributed by atoms with Crippen molar-refractivity contribution in [3.8, 4) is 0 Å². The zero-order valence-electron chi connectivity index (χ0n) is 9.84. The molecular formula is C15H17NO. The lowest BCUT2D eigenvalue weighted by Gasteiger charge is -2.17. The van der Waals surface area contributed by atoms with E-state index in [-0.39, 0.29) is 6.10 Å². The number of benzene rings is 1. The third-order valence-corrected chi connectivity index (χ3v) is 3.77. The zero-order valence-corrected chi connectivity index (χ0v) is 9.84. The Balaban J connectivity index is 1.94. The fraction of sp³-hybridized carbons (Fsp3) is 0.400. The average Bonchev–Trinajstić information content (AvgIpc) is 2.91. The van der Waals surface area contributed by atoms with Gasteiger partial charge in [0.15, 0.2) is 0 Å². The van der Waals surface area contributed by atoms with Crippen LogP contribution in [0.25, 0.3) is 10.9 Å². The van der Waals surface area contributed by atoms with Crippen molar-refractivity contribution in [2.24, 2.45) is 5.92 Å². The Morgan fingerprint density at radius 3 is 2.65 bits per heavy atom. The Morgan fingerprint density at radius 1 is 1.06 bits per heavy atom. The molecule has 88 valence electrons. The largest absolute Gasteiger partial charge is 0.387 e. The molecule has 1 heterocycles. The maximum Gasteiger partial charge on any atom is 0.0988 e. The van der Waals surface area contributed by atoms with Gasteiger partial charge in [-0.1, -0.05) is 37.1 Å². The highest BCUT2D eigenvalue weighted by atomic mass is 16.3. The summed E-state index contributed by atoms with van der Waals surface area (Å²) in [5.41, 5.74) is 1.80. The summed E-state index contributed by atoms with van der Waals surface area (Å²) in [5, 5.41) is 11.5. The lowest BCUT2D eigenvalue weighted by atomic mass is 9.97. The van der Waals surface area contributed by atoms with Crippen LogP contribution in [0.4, 0.5) is 0 Å². The highest BCUT2D eigenvalue weighted by Crippen LogP contribution is 2.35. The Morgan fingerprint density at radius 2 is 1.82 bits per heavy atom. The van der Waals surface area contributed by atoms with Gasteiger partial charge in [-0.3, -0.25) is 4.98 Å². The van der Waals surface area contributed by atoms with E-state index in [1.165, 1.54) is 12.8 Å². The van der Waals surface area contributed by atoms with Crippen molar-refractivity contribution in [2.75, 3.05) is 0 Å². The summed E-state index contributed by atoms with van der Waals surface area (Å²) < 4.78 is 0. The molecule has 1 fully saturated rings. The fourth-order valence-corrected chi connectivity index (χ4v) is 2.76. The van der Waals surface area contributed by atoms with E-state index >= 15 is 0 Å². The van der Waals surface area contributed by atoms with Crippen LogP contribution in [0.5, 0.6) is 0 Å². The van der Waals surface area contributed by atoms with Gasteiger partial charge in [0.25, 0.3) is 0 Å². The summed E-state index contributed by atoms with van der Waals surface area (Å²) in [6.45, 7) is 0. The molecule has 1 unspecified atom stereocenters. The normalized spacial score (nSPS) is 18.6. The summed E-state index contributed by atoms with van der Waals surface area (Å²) in [6.07, 6.45) is 4.37. The number of hydrogen-bond acceptors (Lipinski definition) is 2. The van der Waals surface area contributed by atoms with Crippen molar-refractivity contribution in [1.82, 2.24) is 4.98 Å². The molecule has 1 aromatic heterocycles. The zero-order chi connectivity index (χ0) is 11.7. The van der Waals surface area contributed by atoms with Gasteiger partial charge in [-0.15, -0.1) is 0 Å². The number of pyridine rings is 1. The van der Waals surface area contributed by atoms with Crippen LogP contribution in [0, 0.1) is 5.92 Å². The number of aliphatic hydroxyl groups excluding tert-OH is 1. The first-order chi connectivity index (χ1) is 8.34. The molecule has 1 atom stereocenters. The van der Waals surface area contributed by atoms with Gasteiger partial charge in [-0.2, -0.15) is 0 Å². The van der Waals surface area contributed by atoms with E-state index in [4.69, 9.17) is 0 Å². The first-order valence-corrected chi connectivity index (χ1v) is 6.38. The highest BCUT2D eigenvalue weighted by Gasteiger charge is 2.25. The topological polar surface area (TPSA) is 33.1 Å². The number of aromatic nitrogens is 1. The smallest absolute Gasteiger partial charge is 0.0988 e. The standard InChI is InChI=1S/C15H17NO/c17-15(12-6-1-2-7-12)14-10-9-11-5-3-4-8-13(11)16-14/h3-5,8-10,12,15,17H,1-2,6-7H2. The van der Waals surface area contributed by atoms with Crippen LogP contribution < -0.4 is 0 Å². The second-order valence-corrected chi connectivity index (χ2v) is 4.92. The third kappa shape index (κ3) is 2.05. The van der Waals surface area contributed by atoms with Crippen molar-refractivity contribution in [3.63, 3.8) is 0 Å². The van der Waals surface area contributed by atoms with Crippen LogP contribution in [0.3, 0.4) is 0 Å². The first kappa shape index (κ1) is 10.7. The summed E-state index contributed by atoms with van der Waals surface area (Å²) in [5.74, 6) is 0.406. The fourth-order valence-electron chi connectivity index (χ4n) is 2.76. The second-order valence-electron chi connectivity index (χ2n) is 4.92. The number of para-hydroxylation sites is 1. The van der Waals surface area contributed by atoms with Gasteiger partial charge in [0.05, 0.1) is 17.3 Å². The minimum absolute atomic E-state index is 0.387. The maximum atomic E-state index is 10.3. The number of aliphatic hydroxyl groups is 1. The molecule has 1 aromatic carbocycles. The molecule has 1 aliphatic rings. The van der Waals surface area contributed by atoms with Crippen LogP contribution in [0.1, 0.15) is 37.5 Å². The Bertz CT molecular complexity index is 517. The molecule has 17 heavy (non-hydrogen) atoms. The van der Waals surface area contributed by atoms with Crippen LogP contribution in [-0.2, 0) is 0 Å². The van der Waals surface area contributed by atoms with Crippen molar-refractivity contribution >= 4 is 10.9 Å². The summed E-state index contributed by atoms with van der Waals surface area (Å²) in [7, 11) is 0. The molecule has 0 amide bonds. The van der Waals surface area contributed by atoms with E-state index < -0.39 is 0 Å². The molecule has 3 rings (SSSR count). The van der Waals surface area contributed by atoms with Crippen LogP contribution in [-0.4, -0.2) is 10.1 Å². The summed E-state index contributed by atoms with van der Waals surface area (Å²) >= 11 is 0. The van der Waals surface area contributed by atoms with Crippen molar-refractivity contribution in [2.45, 2.75) is 31.8 Å². The average molecular weight is 227 g/mol. The van der Waals surface area contributed by atoms with Gasteiger partial charge in [0.1, 0.15) is 0 Å². The van der Waals surface area contributed by atoms with Crippen LogP contribution in [0.15, 0.2) is 36.4 Å². The first-order valence-electron chi connectivity index (χ1n) is 6.38. The molecule has 0 spiro atoms. The predicted octanol–water partition coefficient (Wildman–Crippen LogP) is 3.46. The minimum atomic E-state index is -0.387. The van der Waals surface area contributed by atoms with Gasteiger partial charge in [-0.25, -0.2) is 0 Å². The van der Waals surface area contributed by atoms with Gasteiger partial charge < -0.3 is 5.11 Å². The SMILES string of the molecule is OC(c1ccc2ccccc2n1)C1CCCC1. The minimum Gasteiger partial charge on any atom is -0.387 e. The van der Waals surface area contributed by atoms with Gasteiger partial charge in [0, 0.05) is 5.39 Å². The Hall–Kier alpha value is -1.41. The lowest BCUT2D eigenvalue weighted by Crippen LogP contribution is -2.10. The van der Waals surface area contributed by atoms with Crippen molar-refractivity contribution in [3.05, 3.63) is 42.1 Å². The lowest BCUT2D eigenvalue weighted by molar-refractivity contribution is 0.108. The number of fused-ring (bicyclic) bond motifs is 1. The number of hydrogen-bond donors (Lipinski definition) is 1. The van der Waals surface area contributed by atoms with Crippen molar-refractivity contribution in [1.29, 1.82) is 0 Å². The highest BCUT2D eigenvalue weighted by molar-refractivity contribution is 5.78. The molecule has 1 N–H and O–H groups in total. The van der Waals surface area contributed by atoms with Crippen LogP contribution >= 0.6 is 0 Å². The van der Waals surface area contributed by atoms with Gasteiger partial charge >= 0.3 is 0 Å². The summed E-state index contributed by atoms with van der Waals surface area (Å²) in [4.78, 5) is 4.57. The van der Waals surface area contributed by atoms with Gasteiger partial charge in [0.2, 0.25) is 0 Å². The van der Waals surface area contributed by atoms with Crippen LogP contribution in [0.2, 0.25) is 0 Å². The second kappa shape index (κ2) is 4.46. The molecule has 2 heteroatoms. The molecular weight excluding hydrogens is 210 g/mol.